The number of halogens is 1. The molecule has 1 aromatic carbocycles. The van der Waals surface area contributed by atoms with Crippen LogP contribution in [-0.2, 0) is 20.9 Å². The van der Waals surface area contributed by atoms with Gasteiger partial charge in [0.25, 0.3) is 0 Å². The molecule has 2 amide bonds. The molecule has 3 saturated heterocycles. The minimum atomic E-state index is 0.0342. The smallest absolute Gasteiger partial charge is 0.228 e. The molecule has 3 heterocycles. The standard InChI is InChI=1S/C20H25ClN2O3/c21-17-3-1-15(2-4-17)12-23-14-20(11-18(23)24)6-8-22(9-7-20)19(25)16-5-10-26-13-16/h1-4,16H,5-14H2. The van der Waals surface area contributed by atoms with Crippen LogP contribution in [0.2, 0.25) is 5.02 Å². The zero-order valence-corrected chi connectivity index (χ0v) is 15.7. The summed E-state index contributed by atoms with van der Waals surface area (Å²) in [6.07, 6.45) is 3.27. The van der Waals surface area contributed by atoms with Crippen molar-refractivity contribution in [1.29, 1.82) is 0 Å². The maximum atomic E-state index is 12.6. The lowest BCUT2D eigenvalue weighted by Crippen LogP contribution is -2.46. The van der Waals surface area contributed by atoms with E-state index in [9.17, 15) is 9.59 Å². The van der Waals surface area contributed by atoms with Gasteiger partial charge in [-0.25, -0.2) is 0 Å². The van der Waals surface area contributed by atoms with E-state index in [1.165, 1.54) is 0 Å². The topological polar surface area (TPSA) is 49.9 Å². The number of amides is 2. The van der Waals surface area contributed by atoms with E-state index in [0.717, 1.165) is 44.5 Å². The van der Waals surface area contributed by atoms with Crippen LogP contribution in [0, 0.1) is 11.3 Å². The van der Waals surface area contributed by atoms with E-state index in [1.54, 1.807) is 0 Å². The van der Waals surface area contributed by atoms with Crippen LogP contribution < -0.4 is 0 Å². The number of ether oxygens (including phenoxy) is 1. The predicted molar refractivity (Wildman–Crippen MR) is 98.7 cm³/mol. The zero-order valence-electron chi connectivity index (χ0n) is 15.0. The molecule has 4 rings (SSSR count). The molecule has 3 aliphatic heterocycles. The van der Waals surface area contributed by atoms with E-state index in [-0.39, 0.29) is 23.1 Å². The Labute approximate surface area is 159 Å². The molecule has 1 unspecified atom stereocenters. The van der Waals surface area contributed by atoms with Crippen LogP contribution in [-0.4, -0.2) is 54.5 Å². The summed E-state index contributed by atoms with van der Waals surface area (Å²) in [5.41, 5.74) is 1.14. The minimum Gasteiger partial charge on any atom is -0.381 e. The van der Waals surface area contributed by atoms with Crippen LogP contribution in [0.4, 0.5) is 0 Å². The Morgan fingerprint density at radius 3 is 2.62 bits per heavy atom. The molecule has 0 aromatic heterocycles. The van der Waals surface area contributed by atoms with E-state index in [1.807, 2.05) is 34.1 Å². The monoisotopic (exact) mass is 376 g/mol. The van der Waals surface area contributed by atoms with Crippen LogP contribution in [0.15, 0.2) is 24.3 Å². The number of likely N-dealkylation sites (tertiary alicyclic amines) is 2. The molecular weight excluding hydrogens is 352 g/mol. The molecule has 3 aliphatic rings. The first-order chi connectivity index (χ1) is 12.5. The Morgan fingerprint density at radius 1 is 1.23 bits per heavy atom. The van der Waals surface area contributed by atoms with Crippen molar-refractivity contribution in [3.63, 3.8) is 0 Å². The first kappa shape index (κ1) is 17.8. The van der Waals surface area contributed by atoms with Gasteiger partial charge < -0.3 is 14.5 Å². The number of benzene rings is 1. The summed E-state index contributed by atoms with van der Waals surface area (Å²) in [7, 11) is 0. The number of hydrogen-bond acceptors (Lipinski definition) is 3. The second-order valence-corrected chi connectivity index (χ2v) is 8.38. The summed E-state index contributed by atoms with van der Waals surface area (Å²) >= 11 is 5.94. The fraction of sp³-hybridized carbons (Fsp3) is 0.600. The average molecular weight is 377 g/mol. The maximum Gasteiger partial charge on any atom is 0.228 e. The zero-order chi connectivity index (χ0) is 18.1. The highest BCUT2D eigenvalue weighted by atomic mass is 35.5. The summed E-state index contributed by atoms with van der Waals surface area (Å²) in [4.78, 5) is 29.1. The molecule has 0 radical (unpaired) electrons. The number of hydrogen-bond donors (Lipinski definition) is 0. The molecule has 140 valence electrons. The Morgan fingerprint density at radius 2 is 1.96 bits per heavy atom. The average Bonchev–Trinajstić information content (AvgIpc) is 3.26. The summed E-state index contributed by atoms with van der Waals surface area (Å²) < 4.78 is 5.35. The van der Waals surface area contributed by atoms with Gasteiger partial charge in [-0.2, -0.15) is 0 Å². The van der Waals surface area contributed by atoms with Gasteiger partial charge >= 0.3 is 0 Å². The highest BCUT2D eigenvalue weighted by molar-refractivity contribution is 6.30. The third-order valence-electron chi connectivity index (χ3n) is 6.11. The fourth-order valence-corrected chi connectivity index (χ4v) is 4.59. The Bertz CT molecular complexity index is 677. The van der Waals surface area contributed by atoms with Crippen LogP contribution in [0.5, 0.6) is 0 Å². The number of nitrogens with zero attached hydrogens (tertiary/aromatic N) is 2. The van der Waals surface area contributed by atoms with E-state index in [2.05, 4.69) is 0 Å². The van der Waals surface area contributed by atoms with E-state index < -0.39 is 0 Å². The van der Waals surface area contributed by atoms with Gasteiger partial charge in [-0.3, -0.25) is 9.59 Å². The van der Waals surface area contributed by atoms with Crippen molar-refractivity contribution in [3.05, 3.63) is 34.9 Å². The Balaban J connectivity index is 1.34. The summed E-state index contributed by atoms with van der Waals surface area (Å²) in [6, 6.07) is 7.69. The molecule has 0 aliphatic carbocycles. The van der Waals surface area contributed by atoms with Crippen LogP contribution in [0.1, 0.15) is 31.2 Å². The van der Waals surface area contributed by atoms with Crippen LogP contribution in [0.3, 0.4) is 0 Å². The number of piperidine rings is 1. The molecule has 0 bridgehead atoms. The molecule has 6 heteroatoms. The van der Waals surface area contributed by atoms with Gasteiger partial charge in [0.1, 0.15) is 0 Å². The summed E-state index contributed by atoms with van der Waals surface area (Å²) in [6.45, 7) is 4.22. The predicted octanol–water partition coefficient (Wildman–Crippen LogP) is 2.72. The third-order valence-corrected chi connectivity index (χ3v) is 6.36. The highest BCUT2D eigenvalue weighted by Gasteiger charge is 2.45. The van der Waals surface area contributed by atoms with E-state index >= 15 is 0 Å². The van der Waals surface area contributed by atoms with Gasteiger partial charge in [0, 0.05) is 49.6 Å². The molecule has 1 aromatic rings. The van der Waals surface area contributed by atoms with E-state index in [4.69, 9.17) is 16.3 Å². The maximum absolute atomic E-state index is 12.6. The van der Waals surface area contributed by atoms with Gasteiger partial charge in [-0.15, -0.1) is 0 Å². The van der Waals surface area contributed by atoms with Crippen molar-refractivity contribution in [2.24, 2.45) is 11.3 Å². The minimum absolute atomic E-state index is 0.0342. The molecule has 1 atom stereocenters. The molecule has 3 fully saturated rings. The molecule has 0 N–H and O–H groups in total. The van der Waals surface area contributed by atoms with E-state index in [0.29, 0.717) is 31.2 Å². The largest absolute Gasteiger partial charge is 0.381 e. The number of carbonyl (C=O) groups is 2. The highest BCUT2D eigenvalue weighted by Crippen LogP contribution is 2.41. The Kier molecular flexibility index (Phi) is 4.93. The normalized spacial score (nSPS) is 25.3. The van der Waals surface area contributed by atoms with Gasteiger partial charge in [0.2, 0.25) is 11.8 Å². The quantitative estimate of drug-likeness (QED) is 0.815. The van der Waals surface area contributed by atoms with Gasteiger partial charge in [-0.05, 0) is 37.0 Å². The number of rotatable bonds is 3. The first-order valence-electron chi connectivity index (χ1n) is 9.43. The molecule has 1 spiro atoms. The molecule has 26 heavy (non-hydrogen) atoms. The summed E-state index contributed by atoms with van der Waals surface area (Å²) in [5, 5.41) is 0.711. The van der Waals surface area contributed by atoms with Gasteiger partial charge in [0.15, 0.2) is 0 Å². The Hall–Kier alpha value is -1.59. The first-order valence-corrected chi connectivity index (χ1v) is 9.81. The number of carbonyl (C=O) groups excluding carboxylic acids is 2. The molecule has 0 saturated carbocycles. The third kappa shape index (κ3) is 3.60. The lowest BCUT2D eigenvalue weighted by Gasteiger charge is -2.39. The van der Waals surface area contributed by atoms with Gasteiger partial charge in [-0.1, -0.05) is 23.7 Å². The van der Waals surface area contributed by atoms with Crippen molar-refractivity contribution in [2.45, 2.75) is 32.2 Å². The SMILES string of the molecule is O=C1CC2(CCN(C(=O)C3CCOC3)CC2)CN1Cc1ccc(Cl)cc1. The van der Waals surface area contributed by atoms with Crippen LogP contribution in [0.25, 0.3) is 0 Å². The fourth-order valence-electron chi connectivity index (χ4n) is 4.46. The van der Waals surface area contributed by atoms with Crippen molar-refractivity contribution in [2.75, 3.05) is 32.8 Å². The van der Waals surface area contributed by atoms with Crippen LogP contribution >= 0.6 is 11.6 Å². The molecule has 5 nitrogen and oxygen atoms in total. The second-order valence-electron chi connectivity index (χ2n) is 7.94. The van der Waals surface area contributed by atoms with Gasteiger partial charge in [0.05, 0.1) is 12.5 Å². The summed E-state index contributed by atoms with van der Waals surface area (Å²) in [5.74, 6) is 0.499. The van der Waals surface area contributed by atoms with Crippen molar-refractivity contribution >= 4 is 23.4 Å². The van der Waals surface area contributed by atoms with Crippen molar-refractivity contribution in [1.82, 2.24) is 9.80 Å². The van der Waals surface area contributed by atoms with Crippen molar-refractivity contribution < 1.29 is 14.3 Å². The molecular formula is C20H25ClN2O3. The van der Waals surface area contributed by atoms with Crippen molar-refractivity contribution in [3.8, 4) is 0 Å². The lowest BCUT2D eigenvalue weighted by atomic mass is 9.77. The second kappa shape index (κ2) is 7.20. The lowest BCUT2D eigenvalue weighted by molar-refractivity contribution is -0.137.